The van der Waals surface area contributed by atoms with Gasteiger partial charge in [0, 0.05) is 6.54 Å². The van der Waals surface area contributed by atoms with Gasteiger partial charge in [-0.2, -0.15) is 0 Å². The molecule has 0 N–H and O–H groups in total. The number of rotatable bonds is 13. The van der Waals surface area contributed by atoms with Gasteiger partial charge < -0.3 is 9.47 Å². The highest BCUT2D eigenvalue weighted by Gasteiger charge is 2.36. The summed E-state index contributed by atoms with van der Waals surface area (Å²) in [6.07, 6.45) is 3.94. The molecule has 32 heavy (non-hydrogen) atoms. The van der Waals surface area contributed by atoms with Crippen LogP contribution in [0.3, 0.4) is 0 Å². The minimum absolute atomic E-state index is 0.251. The first-order valence-corrected chi connectivity index (χ1v) is 12.2. The van der Waals surface area contributed by atoms with Crippen LogP contribution in [0.15, 0.2) is 24.3 Å². The predicted molar refractivity (Wildman–Crippen MR) is 132 cm³/mol. The number of carbonyl (C=O) groups excluding carboxylic acids is 2. The Kier molecular flexibility index (Phi) is 11.8. The normalized spacial score (nSPS) is 12.7. The maximum atomic E-state index is 13.2. The molecule has 1 aromatic rings. The molecule has 1 aromatic carbocycles. The van der Waals surface area contributed by atoms with E-state index in [9.17, 15) is 9.59 Å². The summed E-state index contributed by atoms with van der Waals surface area (Å²) in [6.45, 7) is 17.5. The highest BCUT2D eigenvalue weighted by atomic mass is 16.6. The third kappa shape index (κ3) is 8.48. The van der Waals surface area contributed by atoms with Crippen LogP contribution in [0.2, 0.25) is 0 Å². The van der Waals surface area contributed by atoms with Gasteiger partial charge in [0.1, 0.15) is 0 Å². The van der Waals surface area contributed by atoms with Crippen LogP contribution >= 0.6 is 0 Å². The zero-order chi connectivity index (χ0) is 24.3. The monoisotopic (exact) mass is 447 g/mol. The van der Waals surface area contributed by atoms with Gasteiger partial charge in [0.05, 0.1) is 24.3 Å². The quantitative estimate of drug-likeness (QED) is 0.306. The number of nitrogens with zero attached hydrogens (tertiary/aromatic N) is 1. The summed E-state index contributed by atoms with van der Waals surface area (Å²) in [5.74, 6) is 0.592. The zero-order valence-electron chi connectivity index (χ0n) is 21.6. The van der Waals surface area contributed by atoms with E-state index in [-0.39, 0.29) is 23.9 Å². The van der Waals surface area contributed by atoms with E-state index in [0.29, 0.717) is 25.7 Å². The number of benzene rings is 1. The Hall–Kier alpha value is -2.04. The van der Waals surface area contributed by atoms with Crippen molar-refractivity contribution < 1.29 is 19.1 Å². The second-order valence-electron chi connectivity index (χ2n) is 10.1. The lowest BCUT2D eigenvalue weighted by atomic mass is 9.83. The Morgan fingerprint density at radius 2 is 1.56 bits per heavy atom. The summed E-state index contributed by atoms with van der Waals surface area (Å²) in [6, 6.07) is 7.64. The lowest BCUT2D eigenvalue weighted by Crippen LogP contribution is -2.40. The Bertz CT molecular complexity index is 711. The number of hydrogen-bond donors (Lipinski definition) is 0. The van der Waals surface area contributed by atoms with Gasteiger partial charge in [-0.25, -0.2) is 4.79 Å². The van der Waals surface area contributed by atoms with Crippen LogP contribution in [0.4, 0.5) is 10.5 Å². The maximum Gasteiger partial charge on any atom is 0.414 e. The summed E-state index contributed by atoms with van der Waals surface area (Å²) in [5.41, 5.74) is 0.607. The van der Waals surface area contributed by atoms with Gasteiger partial charge >= 0.3 is 12.1 Å². The molecule has 0 aromatic heterocycles. The molecule has 1 atom stereocenters. The molecule has 0 aliphatic rings. The number of unbranched alkanes of at least 4 members (excludes halogenated alkanes) is 1. The van der Waals surface area contributed by atoms with Gasteiger partial charge in [-0.1, -0.05) is 79.0 Å². The molecule has 0 aliphatic carbocycles. The van der Waals surface area contributed by atoms with Gasteiger partial charge in [0.2, 0.25) is 0 Å². The molecule has 1 rings (SSSR count). The first-order chi connectivity index (χ1) is 15.0. The van der Waals surface area contributed by atoms with Crippen molar-refractivity contribution in [2.75, 3.05) is 24.7 Å². The van der Waals surface area contributed by atoms with Crippen molar-refractivity contribution in [3.63, 3.8) is 0 Å². The smallest absolute Gasteiger partial charge is 0.414 e. The maximum absolute atomic E-state index is 13.2. The fraction of sp³-hybridized carbons (Fsp3) is 0.704. The van der Waals surface area contributed by atoms with Gasteiger partial charge in [0.25, 0.3) is 0 Å². The highest BCUT2D eigenvalue weighted by Crippen LogP contribution is 2.35. The van der Waals surface area contributed by atoms with Crippen molar-refractivity contribution in [1.29, 1.82) is 0 Å². The Labute approximate surface area is 195 Å². The molecule has 182 valence electrons. The van der Waals surface area contributed by atoms with Crippen molar-refractivity contribution in [3.05, 3.63) is 29.8 Å². The number of ether oxygens (including phenoxy) is 2. The minimum atomic E-state index is -0.896. The standard InChI is InChI=1S/C27H45NO4/c1-9-11-14-22(10-2)17-28(26(30)32-19-21(5)6)24-16-13-12-15-23(24)27(7,8)25(29)31-18-20(3)4/h12-13,15-16,20-22H,9-11,14,17-19H2,1-8H3. The Balaban J connectivity index is 3.34. The molecule has 0 radical (unpaired) electrons. The highest BCUT2D eigenvalue weighted by molar-refractivity contribution is 5.92. The first-order valence-electron chi connectivity index (χ1n) is 12.2. The van der Waals surface area contributed by atoms with Crippen LogP contribution in [0.5, 0.6) is 0 Å². The fourth-order valence-electron chi connectivity index (χ4n) is 3.53. The topological polar surface area (TPSA) is 55.8 Å². The van der Waals surface area contributed by atoms with E-state index in [4.69, 9.17) is 9.47 Å². The van der Waals surface area contributed by atoms with E-state index in [1.54, 1.807) is 4.90 Å². The van der Waals surface area contributed by atoms with Crippen LogP contribution < -0.4 is 4.90 Å². The van der Waals surface area contributed by atoms with E-state index < -0.39 is 5.41 Å². The number of carbonyl (C=O) groups is 2. The molecule has 5 nitrogen and oxygen atoms in total. The van der Waals surface area contributed by atoms with Crippen molar-refractivity contribution in [2.45, 2.75) is 86.5 Å². The van der Waals surface area contributed by atoms with Gasteiger partial charge in [0.15, 0.2) is 0 Å². The summed E-state index contributed by atoms with van der Waals surface area (Å²) in [5, 5.41) is 0. The van der Waals surface area contributed by atoms with E-state index in [1.807, 2.05) is 65.8 Å². The molecule has 0 saturated heterocycles. The molecular formula is C27H45NO4. The number of anilines is 1. The van der Waals surface area contributed by atoms with Crippen molar-refractivity contribution in [3.8, 4) is 0 Å². The van der Waals surface area contributed by atoms with Crippen LogP contribution in [0.25, 0.3) is 0 Å². The predicted octanol–water partition coefficient (Wildman–Crippen LogP) is 6.98. The average Bonchev–Trinajstić information content (AvgIpc) is 2.75. The van der Waals surface area contributed by atoms with Crippen LogP contribution in [0, 0.1) is 17.8 Å². The Morgan fingerprint density at radius 1 is 0.969 bits per heavy atom. The molecule has 0 bridgehead atoms. The average molecular weight is 448 g/mol. The largest absolute Gasteiger partial charge is 0.465 e. The van der Waals surface area contributed by atoms with E-state index in [2.05, 4.69) is 13.8 Å². The molecular weight excluding hydrogens is 402 g/mol. The number of hydrogen-bond acceptors (Lipinski definition) is 4. The van der Waals surface area contributed by atoms with Crippen molar-refractivity contribution >= 4 is 17.7 Å². The van der Waals surface area contributed by atoms with Crippen LogP contribution in [-0.2, 0) is 19.7 Å². The summed E-state index contributed by atoms with van der Waals surface area (Å²) >= 11 is 0. The van der Waals surface area contributed by atoms with Crippen molar-refractivity contribution in [2.24, 2.45) is 17.8 Å². The third-order valence-electron chi connectivity index (χ3n) is 5.67. The SMILES string of the molecule is CCCCC(CC)CN(C(=O)OCC(C)C)c1ccccc1C(C)(C)C(=O)OCC(C)C. The van der Waals surface area contributed by atoms with E-state index in [1.165, 1.54) is 0 Å². The Morgan fingerprint density at radius 3 is 2.12 bits per heavy atom. The number of amides is 1. The summed E-state index contributed by atoms with van der Waals surface area (Å²) in [7, 11) is 0. The van der Waals surface area contributed by atoms with Gasteiger partial charge in [-0.15, -0.1) is 0 Å². The van der Waals surface area contributed by atoms with Crippen LogP contribution in [0.1, 0.15) is 86.6 Å². The minimum Gasteiger partial charge on any atom is -0.465 e. The lowest BCUT2D eigenvalue weighted by molar-refractivity contribution is -0.150. The van der Waals surface area contributed by atoms with Crippen LogP contribution in [-0.4, -0.2) is 31.8 Å². The fourth-order valence-corrected chi connectivity index (χ4v) is 3.53. The molecule has 0 spiro atoms. The lowest BCUT2D eigenvalue weighted by Gasteiger charge is -2.32. The molecule has 0 aliphatic heterocycles. The summed E-state index contributed by atoms with van der Waals surface area (Å²) < 4.78 is 11.2. The van der Waals surface area contributed by atoms with E-state index in [0.717, 1.165) is 36.9 Å². The summed E-state index contributed by atoms with van der Waals surface area (Å²) in [4.78, 5) is 28.0. The molecule has 0 fully saturated rings. The van der Waals surface area contributed by atoms with Gasteiger partial charge in [-0.3, -0.25) is 9.69 Å². The number of para-hydroxylation sites is 1. The second-order valence-corrected chi connectivity index (χ2v) is 10.1. The molecule has 1 amide bonds. The third-order valence-corrected chi connectivity index (χ3v) is 5.67. The van der Waals surface area contributed by atoms with E-state index >= 15 is 0 Å². The molecule has 0 heterocycles. The van der Waals surface area contributed by atoms with Crippen molar-refractivity contribution in [1.82, 2.24) is 0 Å². The molecule has 1 unspecified atom stereocenters. The molecule has 0 saturated carbocycles. The first kappa shape index (κ1) is 28.0. The zero-order valence-corrected chi connectivity index (χ0v) is 21.6. The van der Waals surface area contributed by atoms with Gasteiger partial charge in [-0.05, 0) is 49.7 Å². The molecule has 5 heteroatoms. The second kappa shape index (κ2) is 13.5. The number of esters is 1.